The normalized spacial score (nSPS) is 8.62. The zero-order chi connectivity index (χ0) is 13.1. The molecule has 5 nitrogen and oxygen atoms in total. The lowest BCUT2D eigenvalue weighted by Gasteiger charge is -2.22. The lowest BCUT2D eigenvalue weighted by atomic mass is 10.3. The van der Waals surface area contributed by atoms with Crippen molar-refractivity contribution in [3.05, 3.63) is 0 Å². The summed E-state index contributed by atoms with van der Waals surface area (Å²) in [5.41, 5.74) is 0. The SMILES string of the molecule is CC(=O)O.CCCCN=C(N(C)C)N(C)C. The summed E-state index contributed by atoms with van der Waals surface area (Å²) in [6.07, 6.45) is 2.38. The third-order valence-corrected chi connectivity index (χ3v) is 1.56. The maximum Gasteiger partial charge on any atom is 0.300 e. The molecule has 0 amide bonds. The lowest BCUT2D eigenvalue weighted by molar-refractivity contribution is -0.134. The van der Waals surface area contributed by atoms with Crippen LogP contribution in [0, 0.1) is 0 Å². The van der Waals surface area contributed by atoms with Crippen LogP contribution in [0.4, 0.5) is 0 Å². The van der Waals surface area contributed by atoms with E-state index in [-0.39, 0.29) is 0 Å². The molecule has 1 N–H and O–H groups in total. The van der Waals surface area contributed by atoms with Crippen molar-refractivity contribution in [1.82, 2.24) is 9.80 Å². The first kappa shape index (κ1) is 17.1. The van der Waals surface area contributed by atoms with E-state index in [2.05, 4.69) is 11.9 Å². The molecule has 0 rings (SSSR count). The highest BCUT2D eigenvalue weighted by Gasteiger charge is 2.02. The van der Waals surface area contributed by atoms with E-state index < -0.39 is 5.97 Å². The van der Waals surface area contributed by atoms with Crippen molar-refractivity contribution in [2.24, 2.45) is 4.99 Å². The van der Waals surface area contributed by atoms with Crippen LogP contribution < -0.4 is 0 Å². The summed E-state index contributed by atoms with van der Waals surface area (Å²) in [7, 11) is 8.07. The van der Waals surface area contributed by atoms with E-state index in [1.165, 1.54) is 12.8 Å². The van der Waals surface area contributed by atoms with Crippen molar-refractivity contribution < 1.29 is 9.90 Å². The molecule has 96 valence electrons. The Bertz CT molecular complexity index is 199. The molecular formula is C11H25N3O2. The molecule has 0 aromatic heterocycles. The molecule has 0 fully saturated rings. The largest absolute Gasteiger partial charge is 0.481 e. The third kappa shape index (κ3) is 12.7. The molecule has 0 heterocycles. The van der Waals surface area contributed by atoms with Crippen LogP contribution in [0.3, 0.4) is 0 Å². The Labute approximate surface area is 98.8 Å². The molecular weight excluding hydrogens is 206 g/mol. The van der Waals surface area contributed by atoms with Gasteiger partial charge in [0.05, 0.1) is 0 Å². The van der Waals surface area contributed by atoms with Crippen LogP contribution in [0.25, 0.3) is 0 Å². The highest BCUT2D eigenvalue weighted by atomic mass is 16.4. The summed E-state index contributed by atoms with van der Waals surface area (Å²) in [6, 6.07) is 0. The fraction of sp³-hybridized carbons (Fsp3) is 0.818. The standard InChI is InChI=1S/C9H21N3.C2H4O2/c1-6-7-8-10-9(11(2)3)12(4)5;1-2(3)4/h6-8H2,1-5H3;1H3,(H,3,4). The van der Waals surface area contributed by atoms with Crippen LogP contribution in [0.5, 0.6) is 0 Å². The van der Waals surface area contributed by atoms with Crippen molar-refractivity contribution in [3.8, 4) is 0 Å². The Morgan fingerprint density at radius 1 is 1.19 bits per heavy atom. The maximum absolute atomic E-state index is 9.00. The van der Waals surface area contributed by atoms with Gasteiger partial charge in [-0.25, -0.2) is 0 Å². The highest BCUT2D eigenvalue weighted by Crippen LogP contribution is 1.92. The zero-order valence-corrected chi connectivity index (χ0v) is 11.3. The molecule has 0 saturated carbocycles. The number of nitrogens with zero attached hydrogens (tertiary/aromatic N) is 3. The lowest BCUT2D eigenvalue weighted by Crippen LogP contribution is -2.35. The molecule has 0 aliphatic carbocycles. The second-order valence-corrected chi connectivity index (χ2v) is 3.84. The minimum absolute atomic E-state index is 0.833. The molecule has 0 bridgehead atoms. The average Bonchev–Trinajstić information content (AvgIpc) is 2.10. The summed E-state index contributed by atoms with van der Waals surface area (Å²) in [5, 5.41) is 7.42. The third-order valence-electron chi connectivity index (χ3n) is 1.56. The Morgan fingerprint density at radius 3 is 1.81 bits per heavy atom. The second kappa shape index (κ2) is 10.3. The van der Waals surface area contributed by atoms with E-state index in [0.29, 0.717) is 0 Å². The van der Waals surface area contributed by atoms with Gasteiger partial charge in [-0.1, -0.05) is 13.3 Å². The van der Waals surface area contributed by atoms with Crippen molar-refractivity contribution in [1.29, 1.82) is 0 Å². The molecule has 0 aromatic carbocycles. The quantitative estimate of drug-likeness (QED) is 0.452. The predicted molar refractivity (Wildman–Crippen MR) is 67.9 cm³/mol. The first-order valence-corrected chi connectivity index (χ1v) is 5.41. The van der Waals surface area contributed by atoms with Gasteiger partial charge >= 0.3 is 0 Å². The molecule has 5 heteroatoms. The van der Waals surface area contributed by atoms with Gasteiger partial charge in [-0.2, -0.15) is 0 Å². The molecule has 0 atom stereocenters. The van der Waals surface area contributed by atoms with Gasteiger partial charge in [0.15, 0.2) is 5.96 Å². The number of carboxylic acid groups (broad SMARTS) is 1. The first-order valence-electron chi connectivity index (χ1n) is 5.41. The van der Waals surface area contributed by atoms with E-state index in [1.54, 1.807) is 0 Å². The predicted octanol–water partition coefficient (Wildman–Crippen LogP) is 1.36. The number of carboxylic acids is 1. The van der Waals surface area contributed by atoms with Crippen molar-refractivity contribution in [3.63, 3.8) is 0 Å². The topological polar surface area (TPSA) is 56.1 Å². The van der Waals surface area contributed by atoms with E-state index in [9.17, 15) is 0 Å². The van der Waals surface area contributed by atoms with Crippen LogP contribution in [0.15, 0.2) is 4.99 Å². The average molecular weight is 231 g/mol. The monoisotopic (exact) mass is 231 g/mol. The number of rotatable bonds is 3. The Kier molecular flexibility index (Phi) is 11.0. The Balaban J connectivity index is 0. The van der Waals surface area contributed by atoms with Crippen molar-refractivity contribution in [2.75, 3.05) is 34.7 Å². The number of aliphatic carboxylic acids is 1. The summed E-state index contributed by atoms with van der Waals surface area (Å²) >= 11 is 0. The number of hydrogen-bond acceptors (Lipinski definition) is 2. The highest BCUT2D eigenvalue weighted by molar-refractivity contribution is 5.79. The van der Waals surface area contributed by atoms with Gasteiger partial charge in [0.1, 0.15) is 0 Å². The summed E-state index contributed by atoms with van der Waals surface area (Å²) in [4.78, 5) is 17.6. The number of carbonyl (C=O) groups is 1. The minimum Gasteiger partial charge on any atom is -0.481 e. The number of aliphatic imine (C=N–C) groups is 1. The van der Waals surface area contributed by atoms with Crippen LogP contribution >= 0.6 is 0 Å². The molecule has 0 saturated heterocycles. The van der Waals surface area contributed by atoms with Crippen molar-refractivity contribution in [2.45, 2.75) is 26.7 Å². The number of unbranched alkanes of at least 4 members (excludes halogenated alkanes) is 1. The smallest absolute Gasteiger partial charge is 0.300 e. The summed E-state index contributed by atoms with van der Waals surface area (Å²) < 4.78 is 0. The molecule has 16 heavy (non-hydrogen) atoms. The van der Waals surface area contributed by atoms with Crippen LogP contribution in [0.2, 0.25) is 0 Å². The maximum atomic E-state index is 9.00. The van der Waals surface area contributed by atoms with Crippen LogP contribution in [-0.2, 0) is 4.79 Å². The fourth-order valence-electron chi connectivity index (χ4n) is 1.02. The molecule has 0 spiro atoms. The molecule has 0 aliphatic heterocycles. The second-order valence-electron chi connectivity index (χ2n) is 3.84. The number of hydrogen-bond donors (Lipinski definition) is 1. The van der Waals surface area contributed by atoms with E-state index >= 15 is 0 Å². The van der Waals surface area contributed by atoms with Gasteiger partial charge in [0.2, 0.25) is 0 Å². The van der Waals surface area contributed by atoms with E-state index in [1.807, 2.05) is 38.0 Å². The molecule has 0 aromatic rings. The van der Waals surface area contributed by atoms with Gasteiger partial charge in [0.25, 0.3) is 5.97 Å². The number of guanidine groups is 1. The van der Waals surface area contributed by atoms with E-state index in [4.69, 9.17) is 9.90 Å². The van der Waals surface area contributed by atoms with Gasteiger partial charge in [-0.05, 0) is 6.42 Å². The summed E-state index contributed by atoms with van der Waals surface area (Å²) in [6.45, 7) is 4.20. The minimum atomic E-state index is -0.833. The zero-order valence-electron chi connectivity index (χ0n) is 11.3. The van der Waals surface area contributed by atoms with Gasteiger partial charge in [0, 0.05) is 41.7 Å². The molecule has 0 radical (unpaired) electrons. The van der Waals surface area contributed by atoms with Crippen LogP contribution in [-0.4, -0.2) is 61.6 Å². The van der Waals surface area contributed by atoms with Gasteiger partial charge < -0.3 is 14.9 Å². The van der Waals surface area contributed by atoms with Gasteiger partial charge in [-0.3, -0.25) is 9.79 Å². The Morgan fingerprint density at radius 2 is 1.56 bits per heavy atom. The Hall–Kier alpha value is -1.26. The van der Waals surface area contributed by atoms with Gasteiger partial charge in [-0.15, -0.1) is 0 Å². The fourth-order valence-corrected chi connectivity index (χ4v) is 1.02. The molecule has 0 unspecified atom stereocenters. The van der Waals surface area contributed by atoms with E-state index in [0.717, 1.165) is 19.4 Å². The summed E-state index contributed by atoms with van der Waals surface area (Å²) in [5.74, 6) is 0.212. The molecule has 0 aliphatic rings. The van der Waals surface area contributed by atoms with Crippen LogP contribution in [0.1, 0.15) is 26.7 Å². The first-order chi connectivity index (χ1) is 7.32. The van der Waals surface area contributed by atoms with Crippen molar-refractivity contribution >= 4 is 11.9 Å².